The molecule has 1 N–H and O–H groups in total. The molecule has 0 aliphatic carbocycles. The third-order valence-corrected chi connectivity index (χ3v) is 5.10. The van der Waals surface area contributed by atoms with Gasteiger partial charge in [0.2, 0.25) is 0 Å². The van der Waals surface area contributed by atoms with Crippen molar-refractivity contribution in [2.75, 3.05) is 18.5 Å². The minimum Gasteiger partial charge on any atom is -0.462 e. The Morgan fingerprint density at radius 2 is 1.88 bits per heavy atom. The Labute approximate surface area is 164 Å². The zero-order chi connectivity index (χ0) is 19.3. The maximum Gasteiger partial charge on any atom is 0.348 e. The number of anilines is 1. The molecule has 2 aromatic rings. The van der Waals surface area contributed by atoms with E-state index in [1.165, 1.54) is 12.1 Å². The van der Waals surface area contributed by atoms with Gasteiger partial charge in [0.15, 0.2) is 6.61 Å². The molecule has 0 saturated heterocycles. The van der Waals surface area contributed by atoms with Crippen molar-refractivity contribution in [1.82, 2.24) is 0 Å². The summed E-state index contributed by atoms with van der Waals surface area (Å²) in [6.45, 7) is 3.21. The number of hydrogen-bond donors (Lipinski definition) is 1. The Morgan fingerprint density at radius 1 is 1.15 bits per heavy atom. The predicted octanol–water partition coefficient (Wildman–Crippen LogP) is 4.34. The van der Waals surface area contributed by atoms with E-state index >= 15 is 0 Å². The average molecular weight is 416 g/mol. The number of rotatable bonds is 6. The van der Waals surface area contributed by atoms with E-state index in [9.17, 15) is 14.4 Å². The summed E-state index contributed by atoms with van der Waals surface area (Å²) in [5, 5.41) is 3.30. The van der Waals surface area contributed by atoms with Gasteiger partial charge in [-0.2, -0.15) is 0 Å². The molecule has 0 aliphatic rings. The zero-order valence-electron chi connectivity index (χ0n) is 13.9. The summed E-state index contributed by atoms with van der Waals surface area (Å²) in [5.41, 5.74) is 0.759. The molecule has 0 radical (unpaired) electrons. The minimum absolute atomic E-state index is 0.0625. The maximum absolute atomic E-state index is 12.0. The van der Waals surface area contributed by atoms with Crippen LogP contribution >= 0.6 is 34.5 Å². The van der Waals surface area contributed by atoms with E-state index in [4.69, 9.17) is 32.7 Å². The molecule has 0 saturated carbocycles. The van der Waals surface area contributed by atoms with Crippen molar-refractivity contribution in [3.05, 3.63) is 50.3 Å². The van der Waals surface area contributed by atoms with Gasteiger partial charge in [0, 0.05) is 0 Å². The summed E-state index contributed by atoms with van der Waals surface area (Å²) in [6.07, 6.45) is 0. The van der Waals surface area contributed by atoms with Gasteiger partial charge in [-0.3, -0.25) is 4.79 Å². The molecule has 26 heavy (non-hydrogen) atoms. The van der Waals surface area contributed by atoms with Crippen LogP contribution in [0, 0.1) is 6.92 Å². The third-order valence-electron chi connectivity index (χ3n) is 3.15. The van der Waals surface area contributed by atoms with Crippen LogP contribution < -0.4 is 5.32 Å². The number of ether oxygens (including phenoxy) is 2. The fraction of sp³-hybridized carbons (Fsp3) is 0.235. The molecule has 2 rings (SSSR count). The molecule has 0 bridgehead atoms. The molecule has 1 heterocycles. The lowest BCUT2D eigenvalue weighted by Crippen LogP contribution is -2.20. The van der Waals surface area contributed by atoms with Crippen LogP contribution in [0.2, 0.25) is 10.0 Å². The van der Waals surface area contributed by atoms with Crippen LogP contribution in [0.3, 0.4) is 0 Å². The lowest BCUT2D eigenvalue weighted by molar-refractivity contribution is -0.119. The number of esters is 2. The molecule has 9 heteroatoms. The maximum atomic E-state index is 12.0. The molecule has 1 aromatic carbocycles. The first kappa shape index (κ1) is 20.2. The van der Waals surface area contributed by atoms with Crippen LogP contribution in [0.15, 0.2) is 24.3 Å². The van der Waals surface area contributed by atoms with Gasteiger partial charge in [0.25, 0.3) is 5.91 Å². The van der Waals surface area contributed by atoms with Crippen LogP contribution in [0.4, 0.5) is 5.00 Å². The van der Waals surface area contributed by atoms with Crippen molar-refractivity contribution in [1.29, 1.82) is 0 Å². The molecule has 6 nitrogen and oxygen atoms in total. The second kappa shape index (κ2) is 9.02. The van der Waals surface area contributed by atoms with Gasteiger partial charge in [0.05, 0.1) is 27.2 Å². The van der Waals surface area contributed by atoms with E-state index in [-0.39, 0.29) is 22.2 Å². The highest BCUT2D eigenvalue weighted by molar-refractivity contribution is 7.18. The van der Waals surface area contributed by atoms with Crippen molar-refractivity contribution < 1.29 is 23.9 Å². The Hall–Kier alpha value is -2.09. The Bertz CT molecular complexity index is 850. The number of hydrogen-bond acceptors (Lipinski definition) is 6. The number of halogens is 2. The average Bonchev–Trinajstić information content (AvgIpc) is 2.95. The monoisotopic (exact) mass is 415 g/mol. The first-order valence-electron chi connectivity index (χ1n) is 7.52. The van der Waals surface area contributed by atoms with E-state index in [1.54, 1.807) is 26.0 Å². The first-order valence-corrected chi connectivity index (χ1v) is 9.09. The number of thiophene rings is 1. The topological polar surface area (TPSA) is 81.7 Å². The summed E-state index contributed by atoms with van der Waals surface area (Å²) >= 11 is 12.9. The number of aryl methyl sites for hydroxylation is 1. The van der Waals surface area contributed by atoms with Crippen LogP contribution in [-0.4, -0.2) is 31.1 Å². The number of nitrogens with one attached hydrogen (secondary N) is 1. The number of carbonyl (C=O) groups excluding carboxylic acids is 3. The molecule has 0 unspecified atom stereocenters. The van der Waals surface area contributed by atoms with Gasteiger partial charge in [0.1, 0.15) is 4.88 Å². The number of amides is 1. The van der Waals surface area contributed by atoms with E-state index in [1.807, 2.05) is 0 Å². The largest absolute Gasteiger partial charge is 0.462 e. The molecule has 0 spiro atoms. The smallest absolute Gasteiger partial charge is 0.348 e. The summed E-state index contributed by atoms with van der Waals surface area (Å²) < 4.78 is 9.88. The summed E-state index contributed by atoms with van der Waals surface area (Å²) in [5.74, 6) is -1.76. The molecular weight excluding hydrogens is 401 g/mol. The SMILES string of the molecule is CCOC(=O)c1sc(NC(=O)COC(=O)c2cccc(Cl)c2Cl)cc1C. The highest BCUT2D eigenvalue weighted by Gasteiger charge is 2.18. The lowest BCUT2D eigenvalue weighted by Gasteiger charge is -2.07. The lowest BCUT2D eigenvalue weighted by atomic mass is 10.2. The second-order valence-corrected chi connectivity index (χ2v) is 6.91. The molecule has 1 aromatic heterocycles. The number of benzene rings is 1. The quantitative estimate of drug-likeness (QED) is 0.709. The molecule has 0 aliphatic heterocycles. The van der Waals surface area contributed by atoms with E-state index in [2.05, 4.69) is 5.32 Å². The van der Waals surface area contributed by atoms with E-state index in [0.717, 1.165) is 11.3 Å². The van der Waals surface area contributed by atoms with Crippen molar-refractivity contribution in [2.45, 2.75) is 13.8 Å². The van der Waals surface area contributed by atoms with Crippen LogP contribution in [0.25, 0.3) is 0 Å². The second-order valence-electron chi connectivity index (χ2n) is 5.07. The Morgan fingerprint density at radius 3 is 2.58 bits per heavy atom. The van der Waals surface area contributed by atoms with E-state index < -0.39 is 24.5 Å². The third kappa shape index (κ3) is 4.97. The van der Waals surface area contributed by atoms with Gasteiger partial charge in [-0.1, -0.05) is 29.3 Å². The number of carbonyl (C=O) groups is 3. The standard InChI is InChI=1S/C17H15Cl2NO5S/c1-3-24-17(23)15-9(2)7-13(26-15)20-12(21)8-25-16(22)10-5-4-6-11(18)14(10)19/h4-7H,3,8H2,1-2H3,(H,20,21). The van der Waals surface area contributed by atoms with Crippen molar-refractivity contribution in [3.63, 3.8) is 0 Å². The molecular formula is C17H15Cl2NO5S. The zero-order valence-corrected chi connectivity index (χ0v) is 16.3. The molecule has 0 fully saturated rings. The Balaban J connectivity index is 1.95. The van der Waals surface area contributed by atoms with Crippen LogP contribution in [0.5, 0.6) is 0 Å². The minimum atomic E-state index is -0.762. The normalized spacial score (nSPS) is 10.3. The predicted molar refractivity (Wildman–Crippen MR) is 100 cm³/mol. The molecule has 138 valence electrons. The van der Waals surface area contributed by atoms with Gasteiger partial charge in [-0.25, -0.2) is 9.59 Å². The summed E-state index contributed by atoms with van der Waals surface area (Å²) in [6, 6.07) is 6.18. The van der Waals surface area contributed by atoms with Crippen LogP contribution in [-0.2, 0) is 14.3 Å². The Kier molecular flexibility index (Phi) is 7.02. The van der Waals surface area contributed by atoms with Gasteiger partial charge in [-0.05, 0) is 37.6 Å². The van der Waals surface area contributed by atoms with Crippen molar-refractivity contribution in [2.24, 2.45) is 0 Å². The summed E-state index contributed by atoms with van der Waals surface area (Å²) in [7, 11) is 0. The molecule has 1 amide bonds. The van der Waals surface area contributed by atoms with Gasteiger partial charge >= 0.3 is 11.9 Å². The molecule has 0 atom stereocenters. The van der Waals surface area contributed by atoms with Gasteiger partial charge < -0.3 is 14.8 Å². The highest BCUT2D eigenvalue weighted by atomic mass is 35.5. The highest BCUT2D eigenvalue weighted by Crippen LogP contribution is 2.28. The fourth-order valence-corrected chi connectivity index (χ4v) is 3.35. The van der Waals surface area contributed by atoms with Crippen molar-refractivity contribution >= 4 is 57.4 Å². The van der Waals surface area contributed by atoms with E-state index in [0.29, 0.717) is 15.4 Å². The first-order chi connectivity index (χ1) is 12.3. The van der Waals surface area contributed by atoms with Gasteiger partial charge in [-0.15, -0.1) is 11.3 Å². The summed E-state index contributed by atoms with van der Waals surface area (Å²) in [4.78, 5) is 36.1. The van der Waals surface area contributed by atoms with Crippen LogP contribution in [0.1, 0.15) is 32.5 Å². The fourth-order valence-electron chi connectivity index (χ4n) is 1.99. The van der Waals surface area contributed by atoms with Crippen molar-refractivity contribution in [3.8, 4) is 0 Å².